The normalized spacial score (nSPS) is 11.3. The first-order valence-electron chi connectivity index (χ1n) is 3.03. The van der Waals surface area contributed by atoms with Crippen LogP contribution in [0.5, 0.6) is 0 Å². The third-order valence-electron chi connectivity index (χ3n) is 0.765. The Balaban J connectivity index is 3.15. The van der Waals surface area contributed by atoms with Crippen molar-refractivity contribution in [3.63, 3.8) is 0 Å². The van der Waals surface area contributed by atoms with Crippen LogP contribution in [-0.4, -0.2) is 32.6 Å². The molecule has 2 nitrogen and oxygen atoms in total. The molecule has 0 atom stereocenters. The van der Waals surface area contributed by atoms with Crippen LogP contribution < -0.4 is 0 Å². The van der Waals surface area contributed by atoms with Crippen molar-refractivity contribution in [3.8, 4) is 0 Å². The first-order chi connectivity index (χ1) is 4.16. The van der Waals surface area contributed by atoms with Gasteiger partial charge in [-0.25, -0.2) is 0 Å². The maximum absolute atomic E-state index is 8.54. The standard InChI is InChI=1S/C4H13O2Si3/c1-8(2)6-9(3)4-7-5/h5,8H,4H2,1-3H3. The summed E-state index contributed by atoms with van der Waals surface area (Å²) in [7, 11) is -1.36. The monoisotopic (exact) mass is 177 g/mol. The number of hydrogen-bond acceptors (Lipinski definition) is 2. The van der Waals surface area contributed by atoms with E-state index in [0.717, 1.165) is 5.67 Å². The van der Waals surface area contributed by atoms with E-state index in [1.54, 1.807) is 0 Å². The second-order valence-corrected chi connectivity index (χ2v) is 8.38. The van der Waals surface area contributed by atoms with Crippen LogP contribution in [0, 0.1) is 0 Å². The van der Waals surface area contributed by atoms with Crippen LogP contribution >= 0.6 is 0 Å². The summed E-state index contributed by atoms with van der Waals surface area (Å²) in [6.07, 6.45) is 0. The predicted octanol–water partition coefficient (Wildman–Crippen LogP) is 0.177. The lowest BCUT2D eigenvalue weighted by Crippen LogP contribution is -2.23. The van der Waals surface area contributed by atoms with Gasteiger partial charge in [0.1, 0.15) is 0 Å². The first-order valence-corrected chi connectivity index (χ1v) is 9.08. The van der Waals surface area contributed by atoms with Crippen LogP contribution in [0.4, 0.5) is 0 Å². The van der Waals surface area contributed by atoms with Gasteiger partial charge in [-0.2, -0.15) is 0 Å². The van der Waals surface area contributed by atoms with Gasteiger partial charge in [-0.15, -0.1) is 0 Å². The van der Waals surface area contributed by atoms with Crippen molar-refractivity contribution in [1.29, 1.82) is 0 Å². The molecule has 5 heteroatoms. The average Bonchev–Trinajstić information content (AvgIpc) is 1.63. The van der Waals surface area contributed by atoms with Gasteiger partial charge in [0.2, 0.25) is 9.76 Å². The molecule has 0 saturated heterocycles. The zero-order valence-corrected chi connectivity index (χ0v) is 9.29. The molecule has 53 valence electrons. The van der Waals surface area contributed by atoms with E-state index in [-0.39, 0.29) is 9.76 Å². The maximum atomic E-state index is 8.54. The third kappa shape index (κ3) is 6.46. The number of hydrogen-bond donors (Lipinski definition) is 1. The lowest BCUT2D eigenvalue weighted by atomic mass is 11.8. The molecule has 0 rings (SSSR count). The van der Waals surface area contributed by atoms with E-state index in [1.807, 2.05) is 0 Å². The summed E-state index contributed by atoms with van der Waals surface area (Å²) in [4.78, 5) is 8.54. The Morgan fingerprint density at radius 2 is 2.22 bits per heavy atom. The molecule has 0 heterocycles. The minimum absolute atomic E-state index is 0.0801. The van der Waals surface area contributed by atoms with Crippen molar-refractivity contribution in [3.05, 3.63) is 0 Å². The van der Waals surface area contributed by atoms with E-state index in [0.29, 0.717) is 0 Å². The molecule has 0 saturated carbocycles. The molecule has 0 spiro atoms. The van der Waals surface area contributed by atoms with Crippen molar-refractivity contribution < 1.29 is 8.91 Å². The minimum Gasteiger partial charge on any atom is -0.458 e. The Morgan fingerprint density at radius 3 is 2.56 bits per heavy atom. The topological polar surface area (TPSA) is 29.5 Å². The van der Waals surface area contributed by atoms with Gasteiger partial charge in [0.05, 0.1) is 0 Å². The highest BCUT2D eigenvalue weighted by Gasteiger charge is 2.07. The van der Waals surface area contributed by atoms with Crippen molar-refractivity contribution in [2.24, 2.45) is 0 Å². The second kappa shape index (κ2) is 5.36. The fraction of sp³-hybridized carbons (Fsp3) is 1.00. The molecule has 0 aliphatic rings. The lowest BCUT2D eigenvalue weighted by molar-refractivity contribution is 0.586. The summed E-state index contributed by atoms with van der Waals surface area (Å²) >= 11 is 0. The fourth-order valence-corrected chi connectivity index (χ4v) is 5.75. The fourth-order valence-electron chi connectivity index (χ4n) is 0.555. The molecule has 0 aromatic carbocycles. The molecule has 0 bridgehead atoms. The summed E-state index contributed by atoms with van der Waals surface area (Å²) < 4.78 is 5.58. The van der Waals surface area contributed by atoms with Gasteiger partial charge >= 0.3 is 0 Å². The summed E-state index contributed by atoms with van der Waals surface area (Å²) in [5.74, 6) is 0. The summed E-state index contributed by atoms with van der Waals surface area (Å²) in [5, 5.41) is 0. The predicted molar refractivity (Wildman–Crippen MR) is 44.4 cm³/mol. The summed E-state index contributed by atoms with van der Waals surface area (Å²) in [6.45, 7) is 6.43. The van der Waals surface area contributed by atoms with E-state index < -0.39 is 18.1 Å². The molecule has 0 unspecified atom stereocenters. The zero-order chi connectivity index (χ0) is 7.28. The van der Waals surface area contributed by atoms with Gasteiger partial charge in [-0.3, -0.25) is 0 Å². The van der Waals surface area contributed by atoms with Crippen LogP contribution in [0.25, 0.3) is 0 Å². The van der Waals surface area contributed by atoms with Gasteiger partial charge in [-0.1, -0.05) is 0 Å². The van der Waals surface area contributed by atoms with E-state index in [1.165, 1.54) is 0 Å². The highest BCUT2D eigenvalue weighted by molar-refractivity contribution is 6.69. The Labute approximate surface area is 62.6 Å². The molecule has 0 aliphatic carbocycles. The smallest absolute Gasteiger partial charge is 0.223 e. The van der Waals surface area contributed by atoms with Crippen molar-refractivity contribution in [2.75, 3.05) is 0 Å². The van der Waals surface area contributed by atoms with E-state index in [2.05, 4.69) is 19.6 Å². The average molecular weight is 177 g/mol. The molecule has 0 amide bonds. The highest BCUT2D eigenvalue weighted by atomic mass is 28.4. The first kappa shape index (κ1) is 9.57. The molecule has 1 N–H and O–H groups in total. The van der Waals surface area contributed by atoms with E-state index >= 15 is 0 Å². The summed E-state index contributed by atoms with van der Waals surface area (Å²) in [6, 6.07) is 0. The molecule has 0 aromatic heterocycles. The van der Waals surface area contributed by atoms with E-state index in [9.17, 15) is 0 Å². The zero-order valence-electron chi connectivity index (χ0n) is 6.14. The van der Waals surface area contributed by atoms with Crippen LogP contribution in [0.15, 0.2) is 0 Å². The molecule has 3 radical (unpaired) electrons. The Bertz CT molecular complexity index is 68.8. The molecular formula is C4H13O2Si3. The molecule has 0 aliphatic heterocycles. The summed E-state index contributed by atoms with van der Waals surface area (Å²) in [5.41, 5.74) is 0.899. The maximum Gasteiger partial charge on any atom is 0.223 e. The van der Waals surface area contributed by atoms with Crippen molar-refractivity contribution in [2.45, 2.75) is 25.3 Å². The van der Waals surface area contributed by atoms with Gasteiger partial charge in [0.15, 0.2) is 18.1 Å². The Kier molecular flexibility index (Phi) is 5.70. The van der Waals surface area contributed by atoms with Gasteiger partial charge in [0, 0.05) is 0 Å². The SMILES string of the molecule is C[Si](C[Si]O)O[SiH](C)C. The lowest BCUT2D eigenvalue weighted by Gasteiger charge is -2.10. The largest absolute Gasteiger partial charge is 0.458 e. The van der Waals surface area contributed by atoms with Gasteiger partial charge in [0.25, 0.3) is 0 Å². The van der Waals surface area contributed by atoms with Crippen LogP contribution in [0.1, 0.15) is 0 Å². The minimum atomic E-state index is -0.821. The van der Waals surface area contributed by atoms with Crippen LogP contribution in [-0.2, 0) is 4.12 Å². The number of rotatable bonds is 4. The van der Waals surface area contributed by atoms with Gasteiger partial charge in [-0.05, 0) is 25.3 Å². The van der Waals surface area contributed by atoms with Crippen molar-refractivity contribution in [1.82, 2.24) is 0 Å². The van der Waals surface area contributed by atoms with Crippen LogP contribution in [0.2, 0.25) is 25.3 Å². The Hall–Kier alpha value is 0.571. The van der Waals surface area contributed by atoms with Gasteiger partial charge < -0.3 is 8.91 Å². The highest BCUT2D eigenvalue weighted by Crippen LogP contribution is 1.94. The van der Waals surface area contributed by atoms with Crippen LogP contribution in [0.3, 0.4) is 0 Å². The molecule has 0 aromatic rings. The second-order valence-electron chi connectivity index (χ2n) is 2.20. The van der Waals surface area contributed by atoms with Crippen molar-refractivity contribution >= 4 is 27.8 Å². The molecular weight excluding hydrogens is 164 g/mol. The Morgan fingerprint density at radius 1 is 1.67 bits per heavy atom. The quantitative estimate of drug-likeness (QED) is 0.621. The molecule has 0 fully saturated rings. The third-order valence-corrected chi connectivity index (χ3v) is 6.88. The van der Waals surface area contributed by atoms with E-state index in [4.69, 9.17) is 8.91 Å². The molecule has 9 heavy (non-hydrogen) atoms.